The minimum atomic E-state index is -1.49. The smallest absolute Gasteiger partial charge is 0.252 e. The van der Waals surface area contributed by atoms with Gasteiger partial charge in [0.05, 0.1) is 29.6 Å². The topological polar surface area (TPSA) is 95.3 Å². The summed E-state index contributed by atoms with van der Waals surface area (Å²) in [6.45, 7) is 0.510. The molecule has 9 heteroatoms. The Morgan fingerprint density at radius 1 is 1.37 bits per heavy atom. The number of carbonyl (C=O) groups excluding carboxylic acids is 2. The van der Waals surface area contributed by atoms with E-state index in [1.165, 1.54) is 22.9 Å². The Bertz CT molecular complexity index is 1020. The SMILES string of the molecule is N#C[C@@H]1CSCN1C(=O)CNC(=O)c1ccnc2ccc(C3(F)CCOCC3)cc12. The van der Waals surface area contributed by atoms with Crippen molar-refractivity contribution in [3.63, 3.8) is 0 Å². The van der Waals surface area contributed by atoms with E-state index in [-0.39, 0.29) is 25.3 Å². The average molecular weight is 428 g/mol. The van der Waals surface area contributed by atoms with Gasteiger partial charge in [-0.15, -0.1) is 11.8 Å². The molecule has 0 radical (unpaired) electrons. The third kappa shape index (κ3) is 3.98. The average Bonchev–Trinajstić information content (AvgIpc) is 3.26. The van der Waals surface area contributed by atoms with Gasteiger partial charge in [0.2, 0.25) is 5.91 Å². The molecule has 2 aromatic rings. The van der Waals surface area contributed by atoms with Crippen LogP contribution in [0.15, 0.2) is 30.5 Å². The summed E-state index contributed by atoms with van der Waals surface area (Å²) < 4.78 is 20.7. The van der Waals surface area contributed by atoms with Crippen LogP contribution in [-0.4, -0.2) is 59.1 Å². The van der Waals surface area contributed by atoms with E-state index in [0.29, 0.717) is 46.9 Å². The molecular weight excluding hydrogens is 407 g/mol. The first kappa shape index (κ1) is 20.6. The number of aromatic nitrogens is 1. The van der Waals surface area contributed by atoms with Crippen LogP contribution in [0.3, 0.4) is 0 Å². The highest BCUT2D eigenvalue weighted by molar-refractivity contribution is 7.99. The maximum atomic E-state index is 15.4. The number of benzene rings is 1. The Kier molecular flexibility index (Phi) is 5.88. The van der Waals surface area contributed by atoms with Gasteiger partial charge in [-0.3, -0.25) is 14.6 Å². The summed E-state index contributed by atoms with van der Waals surface area (Å²) in [4.78, 5) is 30.9. The highest BCUT2D eigenvalue weighted by Crippen LogP contribution is 2.37. The Labute approximate surface area is 177 Å². The highest BCUT2D eigenvalue weighted by atomic mass is 32.2. The fourth-order valence-electron chi connectivity index (χ4n) is 3.75. The van der Waals surface area contributed by atoms with Crippen LogP contribution in [0.25, 0.3) is 10.9 Å². The molecule has 2 amide bonds. The predicted molar refractivity (Wildman–Crippen MR) is 110 cm³/mol. The van der Waals surface area contributed by atoms with Gasteiger partial charge in [0.25, 0.3) is 5.91 Å². The Balaban J connectivity index is 1.54. The number of pyridine rings is 1. The zero-order chi connectivity index (χ0) is 21.1. The molecule has 0 bridgehead atoms. The Morgan fingerprint density at radius 3 is 2.93 bits per heavy atom. The number of nitrogens with one attached hydrogen (secondary N) is 1. The second-order valence-electron chi connectivity index (χ2n) is 7.36. The molecule has 2 fully saturated rings. The van der Waals surface area contributed by atoms with Crippen molar-refractivity contribution in [3.8, 4) is 6.07 Å². The fourth-order valence-corrected chi connectivity index (χ4v) is 4.86. The second-order valence-corrected chi connectivity index (χ2v) is 8.36. The molecule has 1 aromatic carbocycles. The molecule has 3 heterocycles. The number of hydrogen-bond acceptors (Lipinski definition) is 6. The number of hydrogen-bond donors (Lipinski definition) is 1. The van der Waals surface area contributed by atoms with E-state index in [1.54, 1.807) is 24.3 Å². The van der Waals surface area contributed by atoms with Crippen LogP contribution in [0, 0.1) is 11.3 Å². The van der Waals surface area contributed by atoms with Crippen molar-refractivity contribution in [1.29, 1.82) is 5.26 Å². The number of carbonyl (C=O) groups is 2. The number of amides is 2. The molecular formula is C21H21FN4O3S. The Hall–Kier alpha value is -2.70. The van der Waals surface area contributed by atoms with Crippen molar-refractivity contribution in [1.82, 2.24) is 15.2 Å². The van der Waals surface area contributed by atoms with Gasteiger partial charge in [-0.05, 0) is 23.8 Å². The van der Waals surface area contributed by atoms with Crippen molar-refractivity contribution < 1.29 is 18.7 Å². The molecule has 0 unspecified atom stereocenters. The molecule has 2 aliphatic heterocycles. The number of halogens is 1. The van der Waals surface area contributed by atoms with E-state index >= 15 is 4.39 Å². The number of nitrogens with zero attached hydrogens (tertiary/aromatic N) is 3. The molecule has 156 valence electrons. The monoisotopic (exact) mass is 428 g/mol. The molecule has 7 nitrogen and oxygen atoms in total. The maximum absolute atomic E-state index is 15.4. The summed E-state index contributed by atoms with van der Waals surface area (Å²) in [6.07, 6.45) is 2.05. The van der Waals surface area contributed by atoms with E-state index in [1.807, 2.05) is 0 Å². The lowest BCUT2D eigenvalue weighted by Crippen LogP contribution is -2.42. The minimum Gasteiger partial charge on any atom is -0.381 e. The Morgan fingerprint density at radius 2 is 2.17 bits per heavy atom. The van der Waals surface area contributed by atoms with E-state index in [9.17, 15) is 9.59 Å². The van der Waals surface area contributed by atoms with Crippen LogP contribution in [0.5, 0.6) is 0 Å². The van der Waals surface area contributed by atoms with Gasteiger partial charge in [0.1, 0.15) is 11.7 Å². The molecule has 30 heavy (non-hydrogen) atoms. The van der Waals surface area contributed by atoms with E-state index < -0.39 is 17.6 Å². The van der Waals surface area contributed by atoms with Crippen LogP contribution in [0.4, 0.5) is 4.39 Å². The number of thioether (sulfide) groups is 1. The van der Waals surface area contributed by atoms with Crippen molar-refractivity contribution in [2.24, 2.45) is 0 Å². The minimum absolute atomic E-state index is 0.203. The number of fused-ring (bicyclic) bond motifs is 1. The standard InChI is InChI=1S/C21H21FN4O3S/c22-21(4-7-29-8-5-21)14-1-2-18-17(9-14)16(3-6-24-18)20(28)25-11-19(27)26-13-30-12-15(26)10-23/h1-3,6,9,15H,4-5,7-8,11-13H2,(H,25,28)/t15-/m1/s1. The predicted octanol–water partition coefficient (Wildman–Crippen LogP) is 2.36. The summed E-state index contributed by atoms with van der Waals surface area (Å²) in [7, 11) is 0. The van der Waals surface area contributed by atoms with Crippen molar-refractivity contribution >= 4 is 34.5 Å². The fraction of sp³-hybridized carbons (Fsp3) is 0.429. The van der Waals surface area contributed by atoms with Gasteiger partial charge in [0.15, 0.2) is 0 Å². The van der Waals surface area contributed by atoms with Crippen LogP contribution in [0.2, 0.25) is 0 Å². The highest BCUT2D eigenvalue weighted by Gasteiger charge is 2.34. The van der Waals surface area contributed by atoms with Crippen LogP contribution in [0.1, 0.15) is 28.8 Å². The number of nitriles is 1. The van der Waals surface area contributed by atoms with Crippen molar-refractivity contribution in [2.45, 2.75) is 24.6 Å². The zero-order valence-corrected chi connectivity index (χ0v) is 17.1. The third-order valence-corrected chi connectivity index (χ3v) is 6.55. The molecule has 1 atom stereocenters. The van der Waals surface area contributed by atoms with Gasteiger partial charge in [0, 0.05) is 43.4 Å². The normalized spacial score (nSPS) is 20.7. The lowest BCUT2D eigenvalue weighted by atomic mass is 9.87. The molecule has 0 saturated carbocycles. The number of ether oxygens (including phenoxy) is 1. The zero-order valence-electron chi connectivity index (χ0n) is 16.3. The van der Waals surface area contributed by atoms with Crippen LogP contribution in [-0.2, 0) is 15.2 Å². The summed E-state index contributed by atoms with van der Waals surface area (Å²) in [5, 5.41) is 12.3. The lowest BCUT2D eigenvalue weighted by molar-refractivity contribution is -0.129. The van der Waals surface area contributed by atoms with Gasteiger partial charge in [-0.2, -0.15) is 5.26 Å². The molecule has 4 rings (SSSR count). The van der Waals surface area contributed by atoms with Crippen molar-refractivity contribution in [3.05, 3.63) is 41.6 Å². The molecule has 2 saturated heterocycles. The first-order valence-electron chi connectivity index (χ1n) is 9.73. The molecule has 1 N–H and O–H groups in total. The molecule has 2 aliphatic rings. The van der Waals surface area contributed by atoms with Crippen molar-refractivity contribution in [2.75, 3.05) is 31.4 Å². The van der Waals surface area contributed by atoms with E-state index in [0.717, 1.165) is 0 Å². The third-order valence-electron chi connectivity index (χ3n) is 5.54. The maximum Gasteiger partial charge on any atom is 0.252 e. The van der Waals surface area contributed by atoms with Gasteiger partial charge in [-0.1, -0.05) is 6.07 Å². The summed E-state index contributed by atoms with van der Waals surface area (Å²) >= 11 is 1.51. The molecule has 1 aromatic heterocycles. The second kappa shape index (κ2) is 8.58. The van der Waals surface area contributed by atoms with Crippen LogP contribution < -0.4 is 5.32 Å². The van der Waals surface area contributed by atoms with Crippen LogP contribution >= 0.6 is 11.8 Å². The lowest BCUT2D eigenvalue weighted by Gasteiger charge is -2.30. The van der Waals surface area contributed by atoms with Gasteiger partial charge in [-0.25, -0.2) is 4.39 Å². The van der Waals surface area contributed by atoms with E-state index in [2.05, 4.69) is 16.4 Å². The first-order valence-corrected chi connectivity index (χ1v) is 10.9. The molecule has 0 aliphatic carbocycles. The number of alkyl halides is 1. The number of rotatable bonds is 4. The summed E-state index contributed by atoms with van der Waals surface area (Å²) in [5.74, 6) is 0.276. The summed E-state index contributed by atoms with van der Waals surface area (Å²) in [6, 6.07) is 8.28. The summed E-state index contributed by atoms with van der Waals surface area (Å²) in [5.41, 5.74) is -0.0830. The van der Waals surface area contributed by atoms with Gasteiger partial charge >= 0.3 is 0 Å². The molecule has 0 spiro atoms. The van der Waals surface area contributed by atoms with E-state index in [4.69, 9.17) is 10.00 Å². The largest absolute Gasteiger partial charge is 0.381 e. The van der Waals surface area contributed by atoms with Gasteiger partial charge < -0.3 is 15.0 Å². The quantitative estimate of drug-likeness (QED) is 0.803. The first-order chi connectivity index (χ1) is 14.5.